The summed E-state index contributed by atoms with van der Waals surface area (Å²) in [5, 5.41) is 34.9. The van der Waals surface area contributed by atoms with Crippen LogP contribution in [0.2, 0.25) is 0 Å². The van der Waals surface area contributed by atoms with E-state index in [4.69, 9.17) is 9.47 Å². The Morgan fingerprint density at radius 2 is 1.61 bits per heavy atom. The number of hydrogen-bond acceptors (Lipinski definition) is 6. The van der Waals surface area contributed by atoms with E-state index in [1.54, 1.807) is 19.9 Å². The van der Waals surface area contributed by atoms with Crippen LogP contribution in [0.15, 0.2) is 35.6 Å². The topological polar surface area (TPSA) is 96.2 Å². The smallest absolute Gasteiger partial charge is 0.333 e. The highest BCUT2D eigenvalue weighted by atomic mass is 16.6. The predicted octanol–water partition coefficient (Wildman–Crippen LogP) is 7.13. The maximum Gasteiger partial charge on any atom is 0.333 e. The van der Waals surface area contributed by atoms with E-state index >= 15 is 0 Å². The lowest BCUT2D eigenvalue weighted by Gasteiger charge is -2.72. The molecule has 4 fully saturated rings. The molecule has 0 bridgehead atoms. The molecular weight excluding hydrogens is 552 g/mol. The van der Waals surface area contributed by atoms with Crippen molar-refractivity contribution in [2.75, 3.05) is 6.61 Å². The maximum atomic E-state index is 13.4. The zero-order valence-corrected chi connectivity index (χ0v) is 29.1. The number of carbonyl (C=O) groups is 1. The molecule has 3 unspecified atom stereocenters. The van der Waals surface area contributed by atoms with Crippen LogP contribution in [0, 0.1) is 50.2 Å². The van der Waals surface area contributed by atoms with Crippen molar-refractivity contribution >= 4 is 5.97 Å². The lowest BCUT2D eigenvalue weighted by Crippen LogP contribution is -2.72. The highest BCUT2D eigenvalue weighted by Crippen LogP contribution is 2.76. The highest BCUT2D eigenvalue weighted by molar-refractivity contribution is 5.87. The van der Waals surface area contributed by atoms with Crippen molar-refractivity contribution in [3.8, 4) is 0 Å². The molecule has 11 atom stereocenters. The Labute approximate surface area is 266 Å². The van der Waals surface area contributed by atoms with E-state index in [1.165, 1.54) is 5.57 Å². The van der Waals surface area contributed by atoms with E-state index < -0.39 is 35.1 Å². The monoisotopic (exact) mass is 612 g/mol. The van der Waals surface area contributed by atoms with Crippen LogP contribution in [-0.4, -0.2) is 52.3 Å². The largest absolute Gasteiger partial charge is 0.491 e. The maximum absolute atomic E-state index is 13.4. The Kier molecular flexibility index (Phi) is 8.20. The Bertz CT molecular complexity index is 1250. The fourth-order valence-electron chi connectivity index (χ4n) is 11.8. The number of hydrogen-bond donors (Lipinski definition) is 3. The van der Waals surface area contributed by atoms with Gasteiger partial charge in [-0.2, -0.15) is 0 Å². The minimum Gasteiger partial charge on any atom is -0.491 e. The molecule has 4 saturated carbocycles. The third-order valence-corrected chi connectivity index (χ3v) is 14.6. The molecule has 0 aromatic heterocycles. The Balaban J connectivity index is 1.65. The number of rotatable bonds is 5. The quantitative estimate of drug-likeness (QED) is 0.132. The summed E-state index contributed by atoms with van der Waals surface area (Å²) in [5.41, 5.74) is -0.132. The molecule has 0 saturated heterocycles. The summed E-state index contributed by atoms with van der Waals surface area (Å²) in [6.45, 7) is 25.2. The standard InChI is InChI=1S/C38H60O6/c1-12-23(4)32(42)44-31-30(43-22(2)3)33(5,6)19-25-24-13-14-27-35(9)17-16-28(40)34(7,8)26(35)15-18-36(27,10)37(24,11)20-29(41)38(25,31)21-39/h12-13,25-31,39-41H,2,14-21H2,1,3-11H3/b23-12-/t25?,26?,27?,28-,29+,30-,31-,35-,36+,37+,38-/m0/s1. The lowest BCUT2D eigenvalue weighted by atomic mass is 9.33. The Hall–Kier alpha value is -1.63. The zero-order chi connectivity index (χ0) is 32.8. The number of esters is 1. The van der Waals surface area contributed by atoms with E-state index in [2.05, 4.69) is 61.1 Å². The summed E-state index contributed by atoms with van der Waals surface area (Å²) in [7, 11) is 0. The fourth-order valence-corrected chi connectivity index (χ4v) is 11.8. The van der Waals surface area contributed by atoms with Crippen molar-refractivity contribution in [3.63, 3.8) is 0 Å². The van der Waals surface area contributed by atoms with Gasteiger partial charge in [-0.3, -0.25) is 0 Å². The minimum atomic E-state index is -1.11. The number of aliphatic hydroxyl groups is 3. The van der Waals surface area contributed by atoms with Gasteiger partial charge in [0.15, 0.2) is 6.10 Å². The third-order valence-electron chi connectivity index (χ3n) is 14.6. The van der Waals surface area contributed by atoms with E-state index in [1.807, 2.05) is 6.92 Å². The SMILES string of the molecule is C=C(C)O[C@H]1[C@H](OC(=O)/C(C)=C\C)[C@@]2(CO)C(CC1(C)C)C1=CCC3[C@@]4(C)CC[C@H](O)C(C)(C)C4CC[C@@]3(C)[C@]1(C)C[C@H]2O. The summed E-state index contributed by atoms with van der Waals surface area (Å²) in [4.78, 5) is 13.4. The molecule has 248 valence electrons. The molecule has 0 spiro atoms. The van der Waals surface area contributed by atoms with Gasteiger partial charge in [0.2, 0.25) is 0 Å². The second-order valence-corrected chi connectivity index (χ2v) is 17.4. The molecule has 5 aliphatic rings. The summed E-state index contributed by atoms with van der Waals surface area (Å²) in [5.74, 6) is 0.748. The minimum absolute atomic E-state index is 0.0633. The number of allylic oxidation sites excluding steroid dienone is 4. The average molecular weight is 613 g/mol. The average Bonchev–Trinajstić information content (AvgIpc) is 2.92. The van der Waals surface area contributed by atoms with E-state index in [-0.39, 0.29) is 40.3 Å². The van der Waals surface area contributed by atoms with Gasteiger partial charge in [-0.15, -0.1) is 0 Å². The van der Waals surface area contributed by atoms with Gasteiger partial charge in [-0.05, 0) is 105 Å². The van der Waals surface area contributed by atoms with Gasteiger partial charge >= 0.3 is 5.97 Å². The van der Waals surface area contributed by atoms with Gasteiger partial charge in [0.05, 0.1) is 30.0 Å². The van der Waals surface area contributed by atoms with E-state index in [0.717, 1.165) is 32.1 Å². The van der Waals surface area contributed by atoms with E-state index in [9.17, 15) is 20.1 Å². The normalized spacial score (nSPS) is 47.6. The van der Waals surface area contributed by atoms with Crippen LogP contribution < -0.4 is 0 Å². The van der Waals surface area contributed by atoms with Crippen molar-refractivity contribution < 1.29 is 29.6 Å². The van der Waals surface area contributed by atoms with Gasteiger partial charge < -0.3 is 24.8 Å². The first kappa shape index (κ1) is 33.7. The Morgan fingerprint density at radius 3 is 2.20 bits per heavy atom. The number of aliphatic hydroxyl groups excluding tert-OH is 3. The van der Waals surface area contributed by atoms with Crippen molar-refractivity contribution in [2.45, 2.75) is 139 Å². The molecular formula is C38H60O6. The van der Waals surface area contributed by atoms with Gasteiger partial charge in [0.25, 0.3) is 0 Å². The summed E-state index contributed by atoms with van der Waals surface area (Å²) < 4.78 is 12.7. The first-order valence-electron chi connectivity index (χ1n) is 17.1. The van der Waals surface area contributed by atoms with Crippen LogP contribution in [0.1, 0.15) is 114 Å². The molecule has 0 heterocycles. The van der Waals surface area contributed by atoms with Crippen LogP contribution in [-0.2, 0) is 14.3 Å². The zero-order valence-electron chi connectivity index (χ0n) is 29.1. The van der Waals surface area contributed by atoms with Gasteiger partial charge in [0.1, 0.15) is 6.10 Å². The van der Waals surface area contributed by atoms with Crippen LogP contribution in [0.4, 0.5) is 0 Å². The first-order valence-corrected chi connectivity index (χ1v) is 17.1. The fraction of sp³-hybridized carbons (Fsp3) is 0.816. The third kappa shape index (κ3) is 4.39. The van der Waals surface area contributed by atoms with Crippen LogP contribution in [0.3, 0.4) is 0 Å². The molecule has 3 N–H and O–H groups in total. The van der Waals surface area contributed by atoms with Crippen LogP contribution >= 0.6 is 0 Å². The Morgan fingerprint density at radius 1 is 0.955 bits per heavy atom. The second kappa shape index (κ2) is 10.7. The lowest BCUT2D eigenvalue weighted by molar-refractivity contribution is -0.264. The molecule has 0 amide bonds. The van der Waals surface area contributed by atoms with Gasteiger partial charge in [-0.1, -0.05) is 72.8 Å². The molecule has 6 heteroatoms. The van der Waals surface area contributed by atoms with Gasteiger partial charge in [0, 0.05) is 11.0 Å². The molecule has 0 radical (unpaired) electrons. The molecule has 0 aromatic carbocycles. The molecule has 5 aliphatic carbocycles. The number of fused-ring (bicyclic) bond motifs is 7. The summed E-state index contributed by atoms with van der Waals surface area (Å²) in [6.07, 6.45) is 7.66. The van der Waals surface area contributed by atoms with Crippen molar-refractivity contribution in [3.05, 3.63) is 35.6 Å². The van der Waals surface area contributed by atoms with Crippen molar-refractivity contribution in [1.29, 1.82) is 0 Å². The highest BCUT2D eigenvalue weighted by Gasteiger charge is 2.73. The second-order valence-electron chi connectivity index (χ2n) is 17.4. The molecule has 5 rings (SSSR count). The van der Waals surface area contributed by atoms with Crippen molar-refractivity contribution in [1.82, 2.24) is 0 Å². The number of carbonyl (C=O) groups excluding carboxylic acids is 1. The summed E-state index contributed by atoms with van der Waals surface area (Å²) in [6, 6.07) is 0. The molecule has 0 aromatic rings. The van der Waals surface area contributed by atoms with Crippen LogP contribution in [0.5, 0.6) is 0 Å². The molecule has 44 heavy (non-hydrogen) atoms. The summed E-state index contributed by atoms with van der Waals surface area (Å²) >= 11 is 0. The first-order chi connectivity index (χ1) is 20.3. The molecule has 6 nitrogen and oxygen atoms in total. The van der Waals surface area contributed by atoms with E-state index in [0.29, 0.717) is 36.0 Å². The molecule has 0 aliphatic heterocycles. The van der Waals surface area contributed by atoms with Crippen LogP contribution in [0.25, 0.3) is 0 Å². The number of ether oxygens (including phenoxy) is 2. The van der Waals surface area contributed by atoms with Crippen molar-refractivity contribution in [2.24, 2.45) is 50.2 Å². The predicted molar refractivity (Wildman–Crippen MR) is 173 cm³/mol. The van der Waals surface area contributed by atoms with Gasteiger partial charge in [-0.25, -0.2) is 4.79 Å².